The van der Waals surface area contributed by atoms with Gasteiger partial charge in [0.25, 0.3) is 10.0 Å². The molecule has 27 heavy (non-hydrogen) atoms. The van der Waals surface area contributed by atoms with Crippen LogP contribution < -0.4 is 4.72 Å². The van der Waals surface area contributed by atoms with Gasteiger partial charge in [-0.1, -0.05) is 18.2 Å². The molecule has 0 aliphatic carbocycles. The number of hydrogen-bond donors (Lipinski definition) is 1. The zero-order valence-electron chi connectivity index (χ0n) is 15.4. The van der Waals surface area contributed by atoms with E-state index >= 15 is 0 Å². The fourth-order valence-electron chi connectivity index (χ4n) is 2.50. The first-order chi connectivity index (χ1) is 12.7. The van der Waals surface area contributed by atoms with Crippen LogP contribution in [-0.4, -0.2) is 21.6 Å². The van der Waals surface area contributed by atoms with E-state index in [9.17, 15) is 17.4 Å². The zero-order chi connectivity index (χ0) is 20.1. The van der Waals surface area contributed by atoms with Crippen LogP contribution in [0.4, 0.5) is 10.1 Å². The molecular formula is C18H23FNO5PS. The predicted molar refractivity (Wildman–Crippen MR) is 103 cm³/mol. The van der Waals surface area contributed by atoms with Crippen molar-refractivity contribution in [1.29, 1.82) is 0 Å². The Labute approximate surface area is 159 Å². The highest BCUT2D eigenvalue weighted by Gasteiger charge is 2.24. The summed E-state index contributed by atoms with van der Waals surface area (Å²) in [7, 11) is -7.16. The summed E-state index contributed by atoms with van der Waals surface area (Å²) in [5.41, 5.74) is 1.44. The molecule has 0 aliphatic heterocycles. The molecule has 1 N–H and O–H groups in total. The van der Waals surface area contributed by atoms with Gasteiger partial charge >= 0.3 is 7.60 Å². The topological polar surface area (TPSA) is 81.7 Å². The lowest BCUT2D eigenvalue weighted by atomic mass is 10.2. The van der Waals surface area contributed by atoms with Crippen molar-refractivity contribution in [3.8, 4) is 0 Å². The van der Waals surface area contributed by atoms with E-state index < -0.39 is 23.4 Å². The summed E-state index contributed by atoms with van der Waals surface area (Å²) < 4.78 is 63.9. The molecule has 0 aliphatic rings. The normalized spacial score (nSPS) is 12.1. The molecule has 0 saturated heterocycles. The quantitative estimate of drug-likeness (QED) is 0.601. The summed E-state index contributed by atoms with van der Waals surface area (Å²) in [6.45, 7) is 5.59. The molecule has 0 saturated carbocycles. The highest BCUT2D eigenvalue weighted by atomic mass is 32.2. The smallest absolute Gasteiger partial charge is 0.309 e. The summed E-state index contributed by atoms with van der Waals surface area (Å²) in [6, 6.07) is 9.96. The Morgan fingerprint density at radius 2 is 1.63 bits per heavy atom. The van der Waals surface area contributed by atoms with Gasteiger partial charge in [-0.15, -0.1) is 0 Å². The zero-order valence-corrected chi connectivity index (χ0v) is 17.1. The number of sulfonamides is 1. The Kier molecular flexibility index (Phi) is 7.17. The van der Waals surface area contributed by atoms with Crippen molar-refractivity contribution in [2.45, 2.75) is 31.8 Å². The lowest BCUT2D eigenvalue weighted by Crippen LogP contribution is -2.14. The van der Waals surface area contributed by atoms with Gasteiger partial charge in [-0.25, -0.2) is 12.8 Å². The minimum absolute atomic E-state index is 0.0880. The van der Waals surface area contributed by atoms with Crippen LogP contribution in [0.5, 0.6) is 0 Å². The summed E-state index contributed by atoms with van der Waals surface area (Å²) in [5.74, 6) is -0.626. The SMILES string of the molecule is CCOP(=O)(Cc1ccc(NS(=O)(=O)c2cc(F)ccc2C)cc1)OCC. The lowest BCUT2D eigenvalue weighted by Gasteiger charge is -2.17. The highest BCUT2D eigenvalue weighted by molar-refractivity contribution is 7.92. The van der Waals surface area contributed by atoms with E-state index in [-0.39, 0.29) is 24.3 Å². The van der Waals surface area contributed by atoms with Crippen LogP contribution >= 0.6 is 7.60 Å². The number of anilines is 1. The van der Waals surface area contributed by atoms with E-state index in [0.29, 0.717) is 16.8 Å². The standard InChI is InChI=1S/C18H23FNO5PS/c1-4-24-26(21,25-5-2)13-15-7-10-17(11-8-15)20-27(22,23)18-12-16(19)9-6-14(18)3/h6-12,20H,4-5,13H2,1-3H3. The van der Waals surface area contributed by atoms with Crippen LogP contribution in [0.1, 0.15) is 25.0 Å². The molecule has 0 radical (unpaired) electrons. The van der Waals surface area contributed by atoms with Gasteiger partial charge in [-0.3, -0.25) is 9.29 Å². The Morgan fingerprint density at radius 1 is 1.04 bits per heavy atom. The Morgan fingerprint density at radius 3 is 2.19 bits per heavy atom. The average molecular weight is 415 g/mol. The van der Waals surface area contributed by atoms with E-state index in [1.807, 2.05) is 0 Å². The number of aryl methyl sites for hydroxylation is 1. The minimum Gasteiger partial charge on any atom is -0.309 e. The molecule has 0 atom stereocenters. The van der Waals surface area contributed by atoms with Gasteiger partial charge in [0.2, 0.25) is 0 Å². The van der Waals surface area contributed by atoms with Crippen molar-refractivity contribution in [3.05, 3.63) is 59.4 Å². The maximum atomic E-state index is 13.4. The van der Waals surface area contributed by atoms with E-state index in [2.05, 4.69) is 4.72 Å². The first kappa shape index (κ1) is 21.6. The molecule has 0 bridgehead atoms. The molecule has 2 aromatic rings. The number of hydrogen-bond acceptors (Lipinski definition) is 5. The molecule has 2 aromatic carbocycles. The van der Waals surface area contributed by atoms with E-state index in [0.717, 1.165) is 6.07 Å². The summed E-state index contributed by atoms with van der Waals surface area (Å²) in [6.07, 6.45) is 0.0880. The molecular weight excluding hydrogens is 392 g/mol. The van der Waals surface area contributed by atoms with Gasteiger partial charge in [0.15, 0.2) is 0 Å². The van der Waals surface area contributed by atoms with Crippen molar-refractivity contribution in [1.82, 2.24) is 0 Å². The second-order valence-electron chi connectivity index (χ2n) is 5.82. The van der Waals surface area contributed by atoms with Crippen molar-refractivity contribution >= 4 is 23.3 Å². The van der Waals surface area contributed by atoms with Crippen LogP contribution in [0.15, 0.2) is 47.4 Å². The molecule has 6 nitrogen and oxygen atoms in total. The van der Waals surface area contributed by atoms with Crippen molar-refractivity contribution < 1.29 is 26.4 Å². The van der Waals surface area contributed by atoms with Crippen LogP contribution in [0.3, 0.4) is 0 Å². The van der Waals surface area contributed by atoms with Crippen LogP contribution in [0.25, 0.3) is 0 Å². The van der Waals surface area contributed by atoms with Crippen molar-refractivity contribution in [2.24, 2.45) is 0 Å². The Hall–Kier alpha value is -1.73. The lowest BCUT2D eigenvalue weighted by molar-refractivity contribution is 0.219. The molecule has 0 unspecified atom stereocenters. The second kappa shape index (κ2) is 8.97. The summed E-state index contributed by atoms with van der Waals surface area (Å²) in [5, 5.41) is 0. The van der Waals surface area contributed by atoms with Crippen LogP contribution in [0, 0.1) is 12.7 Å². The monoisotopic (exact) mass is 415 g/mol. The van der Waals surface area contributed by atoms with Crippen LogP contribution in [0.2, 0.25) is 0 Å². The van der Waals surface area contributed by atoms with Gasteiger partial charge in [-0.2, -0.15) is 0 Å². The maximum Gasteiger partial charge on any atom is 0.335 e. The van der Waals surface area contributed by atoms with Gasteiger partial charge in [0.05, 0.1) is 24.3 Å². The second-order valence-corrected chi connectivity index (χ2v) is 9.52. The first-order valence-electron chi connectivity index (χ1n) is 8.45. The minimum atomic E-state index is -3.93. The molecule has 2 rings (SSSR count). The average Bonchev–Trinajstić information content (AvgIpc) is 2.59. The summed E-state index contributed by atoms with van der Waals surface area (Å²) in [4.78, 5) is -0.122. The highest BCUT2D eigenvalue weighted by Crippen LogP contribution is 2.51. The third-order valence-corrected chi connectivity index (χ3v) is 7.25. The largest absolute Gasteiger partial charge is 0.335 e. The number of benzene rings is 2. The van der Waals surface area contributed by atoms with Gasteiger partial charge in [0.1, 0.15) is 5.82 Å². The predicted octanol–water partition coefficient (Wildman–Crippen LogP) is 4.70. The van der Waals surface area contributed by atoms with E-state index in [1.165, 1.54) is 12.1 Å². The molecule has 0 fully saturated rings. The summed E-state index contributed by atoms with van der Waals surface area (Å²) >= 11 is 0. The molecule has 148 valence electrons. The molecule has 9 heteroatoms. The molecule has 0 aromatic heterocycles. The Bertz CT molecular complexity index is 921. The van der Waals surface area contributed by atoms with Gasteiger partial charge < -0.3 is 9.05 Å². The number of rotatable bonds is 9. The van der Waals surface area contributed by atoms with E-state index in [4.69, 9.17) is 9.05 Å². The third-order valence-electron chi connectivity index (χ3n) is 3.67. The maximum absolute atomic E-state index is 13.4. The van der Waals surface area contributed by atoms with E-state index in [1.54, 1.807) is 45.0 Å². The Balaban J connectivity index is 2.17. The number of halogens is 1. The number of nitrogens with one attached hydrogen (secondary N) is 1. The molecule has 0 heterocycles. The van der Waals surface area contributed by atoms with Gasteiger partial charge in [0, 0.05) is 5.69 Å². The van der Waals surface area contributed by atoms with Crippen molar-refractivity contribution in [3.63, 3.8) is 0 Å². The fraction of sp³-hybridized carbons (Fsp3) is 0.333. The van der Waals surface area contributed by atoms with Gasteiger partial charge in [-0.05, 0) is 56.2 Å². The fourth-order valence-corrected chi connectivity index (χ4v) is 5.52. The van der Waals surface area contributed by atoms with Crippen LogP contribution in [-0.2, 0) is 29.8 Å². The molecule has 0 spiro atoms. The molecule has 0 amide bonds. The first-order valence-corrected chi connectivity index (χ1v) is 11.7. The van der Waals surface area contributed by atoms with Crippen molar-refractivity contribution in [2.75, 3.05) is 17.9 Å². The third kappa shape index (κ3) is 5.87.